The molecule has 0 spiro atoms. The number of methoxy groups -OCH3 is 1. The van der Waals surface area contributed by atoms with E-state index >= 15 is 0 Å². The number of carboxylic acids is 1. The molecule has 0 amide bonds. The fourth-order valence-electron chi connectivity index (χ4n) is 2.29. The Morgan fingerprint density at radius 2 is 2.00 bits per heavy atom. The van der Waals surface area contributed by atoms with Crippen LogP contribution in [0.3, 0.4) is 0 Å². The monoisotopic (exact) mass is 275 g/mol. The second kappa shape index (κ2) is 8.47. The van der Waals surface area contributed by atoms with Crippen LogP contribution in [0.25, 0.3) is 0 Å². The molecule has 1 aliphatic rings. The van der Waals surface area contributed by atoms with Crippen molar-refractivity contribution < 1.29 is 24.5 Å². The second-order valence-corrected chi connectivity index (χ2v) is 5.12. The molecule has 0 radical (unpaired) electrons. The number of nitrogens with one attached hydrogen (secondary N) is 1. The number of carboxylic acid groups (broad SMARTS) is 1. The highest BCUT2D eigenvalue weighted by Gasteiger charge is 2.35. The summed E-state index contributed by atoms with van der Waals surface area (Å²) in [6, 6.07) is 0. The molecule has 0 unspecified atom stereocenters. The third kappa shape index (κ3) is 6.33. The Bertz CT molecular complexity index is 264. The van der Waals surface area contributed by atoms with Gasteiger partial charge in [0.15, 0.2) is 0 Å². The molecule has 0 aromatic carbocycles. The molecule has 6 heteroatoms. The molecule has 0 saturated heterocycles. The summed E-state index contributed by atoms with van der Waals surface area (Å²) in [5.41, 5.74) is -0.765. The lowest BCUT2D eigenvalue weighted by Gasteiger charge is -2.34. The maximum atomic E-state index is 10.8. The average Bonchev–Trinajstić information content (AvgIpc) is 2.38. The van der Waals surface area contributed by atoms with Crippen LogP contribution in [0.1, 0.15) is 25.7 Å². The van der Waals surface area contributed by atoms with Gasteiger partial charge in [0.25, 0.3) is 0 Å². The Hall–Kier alpha value is -0.690. The predicted molar refractivity (Wildman–Crippen MR) is 70.1 cm³/mol. The highest BCUT2D eigenvalue weighted by molar-refractivity contribution is 5.70. The minimum absolute atomic E-state index is 0.294. The summed E-state index contributed by atoms with van der Waals surface area (Å²) in [7, 11) is 1.63. The Kier molecular flexibility index (Phi) is 7.30. The molecule has 0 atom stereocenters. The van der Waals surface area contributed by atoms with Crippen LogP contribution in [-0.2, 0) is 14.3 Å². The van der Waals surface area contributed by atoms with Crippen LogP contribution in [0.15, 0.2) is 0 Å². The van der Waals surface area contributed by atoms with E-state index in [1.165, 1.54) is 0 Å². The zero-order valence-electron chi connectivity index (χ0n) is 11.6. The van der Waals surface area contributed by atoms with Crippen molar-refractivity contribution in [1.29, 1.82) is 0 Å². The van der Waals surface area contributed by atoms with E-state index in [4.69, 9.17) is 14.6 Å². The van der Waals surface area contributed by atoms with E-state index in [9.17, 15) is 9.90 Å². The minimum Gasteiger partial charge on any atom is -0.481 e. The van der Waals surface area contributed by atoms with Crippen molar-refractivity contribution in [3.63, 3.8) is 0 Å². The lowest BCUT2D eigenvalue weighted by molar-refractivity contribution is -0.144. The first-order valence-corrected chi connectivity index (χ1v) is 6.80. The molecule has 3 N–H and O–H groups in total. The van der Waals surface area contributed by atoms with Crippen LogP contribution >= 0.6 is 0 Å². The summed E-state index contributed by atoms with van der Waals surface area (Å²) < 4.78 is 10.2. The van der Waals surface area contributed by atoms with Crippen molar-refractivity contribution in [2.24, 2.45) is 5.92 Å². The van der Waals surface area contributed by atoms with E-state index in [-0.39, 0.29) is 5.92 Å². The molecule has 0 bridgehead atoms. The number of hydrogen-bond acceptors (Lipinski definition) is 5. The molecule has 6 nitrogen and oxygen atoms in total. The van der Waals surface area contributed by atoms with Crippen LogP contribution < -0.4 is 5.32 Å². The van der Waals surface area contributed by atoms with Gasteiger partial charge in [-0.2, -0.15) is 0 Å². The van der Waals surface area contributed by atoms with Crippen molar-refractivity contribution >= 4 is 5.97 Å². The summed E-state index contributed by atoms with van der Waals surface area (Å²) in [5, 5.41) is 22.4. The Morgan fingerprint density at radius 1 is 1.32 bits per heavy atom. The fraction of sp³-hybridized carbons (Fsp3) is 0.923. The quantitative estimate of drug-likeness (QED) is 0.523. The fourth-order valence-corrected chi connectivity index (χ4v) is 2.29. The van der Waals surface area contributed by atoms with Gasteiger partial charge in [-0.1, -0.05) is 0 Å². The van der Waals surface area contributed by atoms with Gasteiger partial charge in [0.05, 0.1) is 31.3 Å². The van der Waals surface area contributed by atoms with E-state index < -0.39 is 11.6 Å². The molecule has 1 fully saturated rings. The maximum absolute atomic E-state index is 10.8. The van der Waals surface area contributed by atoms with Crippen LogP contribution in [0.5, 0.6) is 0 Å². The maximum Gasteiger partial charge on any atom is 0.306 e. The van der Waals surface area contributed by atoms with Gasteiger partial charge >= 0.3 is 5.97 Å². The van der Waals surface area contributed by atoms with Crippen molar-refractivity contribution in [3.8, 4) is 0 Å². The lowest BCUT2D eigenvalue weighted by Crippen LogP contribution is -2.45. The van der Waals surface area contributed by atoms with Crippen LogP contribution in [0, 0.1) is 5.92 Å². The minimum atomic E-state index is -0.765. The summed E-state index contributed by atoms with van der Waals surface area (Å²) >= 11 is 0. The third-order valence-corrected chi connectivity index (χ3v) is 3.57. The number of rotatable bonds is 9. The van der Waals surface area contributed by atoms with Crippen molar-refractivity contribution in [3.05, 3.63) is 0 Å². The summed E-state index contributed by atoms with van der Waals surface area (Å²) in [6.07, 6.45) is 2.19. The molecular formula is C13H25NO5. The molecule has 0 heterocycles. The number of aliphatic hydroxyl groups is 1. The van der Waals surface area contributed by atoms with Gasteiger partial charge in [-0.25, -0.2) is 0 Å². The van der Waals surface area contributed by atoms with Gasteiger partial charge in [0.2, 0.25) is 0 Å². The molecule has 1 rings (SSSR count). The van der Waals surface area contributed by atoms with Gasteiger partial charge < -0.3 is 25.0 Å². The van der Waals surface area contributed by atoms with Crippen molar-refractivity contribution in [1.82, 2.24) is 5.32 Å². The first-order chi connectivity index (χ1) is 9.07. The lowest BCUT2D eigenvalue weighted by atomic mass is 9.79. The highest BCUT2D eigenvalue weighted by atomic mass is 16.5. The highest BCUT2D eigenvalue weighted by Crippen LogP contribution is 2.31. The molecular weight excluding hydrogens is 250 g/mol. The largest absolute Gasteiger partial charge is 0.481 e. The average molecular weight is 275 g/mol. The smallest absolute Gasteiger partial charge is 0.306 e. The standard InChI is InChI=1S/C13H25NO5/c1-18-8-9-19-7-6-14-10-13(17)4-2-11(3-5-13)12(15)16/h11,14,17H,2-10H2,1H3,(H,15,16). The molecule has 112 valence electrons. The van der Waals surface area contributed by atoms with Gasteiger partial charge in [0, 0.05) is 20.2 Å². The van der Waals surface area contributed by atoms with Crippen LogP contribution in [0.4, 0.5) is 0 Å². The second-order valence-electron chi connectivity index (χ2n) is 5.12. The van der Waals surface area contributed by atoms with Crippen LogP contribution in [-0.4, -0.2) is 61.8 Å². The Labute approximate surface area is 114 Å². The van der Waals surface area contributed by atoms with Gasteiger partial charge in [0.1, 0.15) is 0 Å². The number of hydrogen-bond donors (Lipinski definition) is 3. The van der Waals surface area contributed by atoms with Crippen molar-refractivity contribution in [2.45, 2.75) is 31.3 Å². The molecule has 1 aliphatic carbocycles. The van der Waals surface area contributed by atoms with E-state index in [0.717, 1.165) is 0 Å². The van der Waals surface area contributed by atoms with E-state index in [1.54, 1.807) is 7.11 Å². The zero-order valence-corrected chi connectivity index (χ0v) is 11.6. The molecule has 0 aliphatic heterocycles. The summed E-state index contributed by atoms with van der Waals surface area (Å²) in [4.78, 5) is 10.8. The SMILES string of the molecule is COCCOCCNCC1(O)CCC(C(=O)O)CC1. The molecule has 0 aromatic rings. The predicted octanol–water partition coefficient (Wildman–Crippen LogP) is 0.245. The third-order valence-electron chi connectivity index (χ3n) is 3.57. The van der Waals surface area contributed by atoms with E-state index in [2.05, 4.69) is 5.32 Å². The number of aliphatic carboxylic acids is 1. The molecule has 1 saturated carbocycles. The first-order valence-electron chi connectivity index (χ1n) is 6.80. The topological polar surface area (TPSA) is 88.0 Å². The van der Waals surface area contributed by atoms with Gasteiger partial charge in [-0.15, -0.1) is 0 Å². The normalized spacial score (nSPS) is 27.4. The van der Waals surface area contributed by atoms with E-state index in [1.807, 2.05) is 0 Å². The van der Waals surface area contributed by atoms with Crippen molar-refractivity contribution in [2.75, 3.05) is 40.0 Å². The zero-order chi connectivity index (χ0) is 14.1. The van der Waals surface area contributed by atoms with Crippen LogP contribution in [0.2, 0.25) is 0 Å². The van der Waals surface area contributed by atoms with E-state index in [0.29, 0.717) is 58.6 Å². The summed E-state index contributed by atoms with van der Waals surface area (Å²) in [5.74, 6) is -1.04. The number of ether oxygens (including phenoxy) is 2. The molecule has 19 heavy (non-hydrogen) atoms. The van der Waals surface area contributed by atoms with Gasteiger partial charge in [-0.05, 0) is 25.7 Å². The van der Waals surface area contributed by atoms with Gasteiger partial charge in [-0.3, -0.25) is 4.79 Å². The Morgan fingerprint density at radius 3 is 2.58 bits per heavy atom. The molecule has 0 aromatic heterocycles. The Balaban J connectivity index is 2.07. The number of carbonyl (C=O) groups is 1. The first kappa shape index (κ1) is 16.4. The summed E-state index contributed by atoms with van der Waals surface area (Å²) in [6.45, 7) is 2.90.